The van der Waals surface area contributed by atoms with E-state index in [-0.39, 0.29) is 5.56 Å². The monoisotopic (exact) mass is 344 g/mol. The van der Waals surface area contributed by atoms with Gasteiger partial charge in [0.1, 0.15) is 11.6 Å². The maximum atomic E-state index is 13.0. The Hall–Kier alpha value is -0.910. The van der Waals surface area contributed by atoms with Crippen LogP contribution in [-0.4, -0.2) is 10.9 Å². The van der Waals surface area contributed by atoms with E-state index in [4.69, 9.17) is 0 Å². The number of hydrogen-bond acceptors (Lipinski definition) is 2. The van der Waals surface area contributed by atoms with E-state index in [0.29, 0.717) is 5.75 Å². The lowest BCUT2D eigenvalue weighted by molar-refractivity contribution is 0.203. The third-order valence-corrected chi connectivity index (χ3v) is 4.11. The van der Waals surface area contributed by atoms with Crippen molar-refractivity contribution in [2.45, 2.75) is 11.0 Å². The van der Waals surface area contributed by atoms with Crippen molar-refractivity contribution in [1.29, 1.82) is 0 Å². The summed E-state index contributed by atoms with van der Waals surface area (Å²) in [5.41, 5.74) is 0.252. The van der Waals surface area contributed by atoms with E-state index in [1.807, 2.05) is 24.3 Å². The average Bonchev–Trinajstić information content (AvgIpc) is 2.36. The van der Waals surface area contributed by atoms with Gasteiger partial charge in [0.05, 0.1) is 6.10 Å². The number of halogens is 3. The van der Waals surface area contributed by atoms with E-state index in [9.17, 15) is 13.9 Å². The minimum atomic E-state index is -0.904. The third kappa shape index (κ3) is 4.30. The molecule has 0 saturated carbocycles. The molecule has 0 aliphatic carbocycles. The molecule has 0 saturated heterocycles. The molecule has 100 valence electrons. The zero-order valence-corrected chi connectivity index (χ0v) is 12.2. The molecule has 1 N–H and O–H groups in total. The number of hydrogen-bond donors (Lipinski definition) is 1. The first-order valence-corrected chi connectivity index (χ1v) is 7.35. The topological polar surface area (TPSA) is 20.2 Å². The number of benzene rings is 2. The van der Waals surface area contributed by atoms with Gasteiger partial charge in [-0.3, -0.25) is 0 Å². The van der Waals surface area contributed by atoms with E-state index < -0.39 is 17.7 Å². The van der Waals surface area contributed by atoms with Crippen molar-refractivity contribution < 1.29 is 13.9 Å². The molecule has 0 bridgehead atoms. The van der Waals surface area contributed by atoms with E-state index in [1.165, 1.54) is 11.8 Å². The zero-order chi connectivity index (χ0) is 13.8. The first-order chi connectivity index (χ1) is 9.04. The molecule has 0 fully saturated rings. The van der Waals surface area contributed by atoms with E-state index in [2.05, 4.69) is 15.9 Å². The minimum Gasteiger partial charge on any atom is -0.388 e. The third-order valence-electron chi connectivity index (χ3n) is 2.49. The molecule has 0 radical (unpaired) electrons. The van der Waals surface area contributed by atoms with Gasteiger partial charge in [-0.1, -0.05) is 15.9 Å². The van der Waals surface area contributed by atoms with Gasteiger partial charge in [-0.25, -0.2) is 8.78 Å². The first-order valence-electron chi connectivity index (χ1n) is 5.57. The summed E-state index contributed by atoms with van der Waals surface area (Å²) < 4.78 is 27.0. The van der Waals surface area contributed by atoms with Gasteiger partial charge in [0.2, 0.25) is 0 Å². The summed E-state index contributed by atoms with van der Waals surface area (Å²) in [6.45, 7) is 0. The predicted octanol–water partition coefficient (Wildman–Crippen LogP) is 4.55. The molecule has 1 unspecified atom stereocenters. The van der Waals surface area contributed by atoms with Crippen LogP contribution in [0.4, 0.5) is 8.78 Å². The summed E-state index contributed by atoms with van der Waals surface area (Å²) in [4.78, 5) is 0.985. The van der Waals surface area contributed by atoms with Crippen molar-refractivity contribution >= 4 is 27.7 Å². The van der Waals surface area contributed by atoms with Crippen molar-refractivity contribution in [3.05, 3.63) is 64.1 Å². The molecule has 0 spiro atoms. The minimum absolute atomic E-state index is 0.252. The molecule has 0 aromatic heterocycles. The Morgan fingerprint density at radius 3 is 2.21 bits per heavy atom. The molecule has 0 aliphatic heterocycles. The van der Waals surface area contributed by atoms with Crippen LogP contribution in [-0.2, 0) is 0 Å². The summed E-state index contributed by atoms with van der Waals surface area (Å²) >= 11 is 4.76. The highest BCUT2D eigenvalue weighted by Gasteiger charge is 2.11. The number of rotatable bonds is 4. The van der Waals surface area contributed by atoms with Gasteiger partial charge in [-0.15, -0.1) is 11.8 Å². The van der Waals surface area contributed by atoms with E-state index >= 15 is 0 Å². The quantitative estimate of drug-likeness (QED) is 0.821. The Morgan fingerprint density at radius 1 is 1.05 bits per heavy atom. The summed E-state index contributed by atoms with van der Waals surface area (Å²) in [5, 5.41) is 9.92. The highest BCUT2D eigenvalue weighted by molar-refractivity contribution is 9.10. The van der Waals surface area contributed by atoms with Crippen molar-refractivity contribution in [1.82, 2.24) is 0 Å². The molecule has 1 nitrogen and oxygen atoms in total. The summed E-state index contributed by atoms with van der Waals surface area (Å²) in [7, 11) is 0. The fourth-order valence-electron chi connectivity index (χ4n) is 1.57. The second-order valence-electron chi connectivity index (χ2n) is 3.98. The second kappa shape index (κ2) is 6.50. The van der Waals surface area contributed by atoms with Crippen LogP contribution in [0.25, 0.3) is 0 Å². The largest absolute Gasteiger partial charge is 0.388 e. The van der Waals surface area contributed by atoms with Crippen molar-refractivity contribution in [2.24, 2.45) is 0 Å². The van der Waals surface area contributed by atoms with Gasteiger partial charge < -0.3 is 5.11 Å². The SMILES string of the molecule is OC(CSc1ccc(Br)cc1)c1cc(F)cc(F)c1. The number of aliphatic hydroxyl groups excluding tert-OH is 1. The van der Waals surface area contributed by atoms with Gasteiger partial charge in [0.15, 0.2) is 0 Å². The van der Waals surface area contributed by atoms with E-state index in [0.717, 1.165) is 27.6 Å². The highest BCUT2D eigenvalue weighted by atomic mass is 79.9. The number of aliphatic hydroxyl groups is 1. The molecular formula is C14H11BrF2OS. The molecule has 0 amide bonds. The first kappa shape index (κ1) is 14.5. The van der Waals surface area contributed by atoms with Crippen LogP contribution in [0.3, 0.4) is 0 Å². The van der Waals surface area contributed by atoms with Gasteiger partial charge >= 0.3 is 0 Å². The highest BCUT2D eigenvalue weighted by Crippen LogP contribution is 2.26. The Bertz CT molecular complexity index is 540. The molecule has 2 aromatic carbocycles. The van der Waals surface area contributed by atoms with Crippen LogP contribution in [0.2, 0.25) is 0 Å². The van der Waals surface area contributed by atoms with Gasteiger partial charge in [0, 0.05) is 21.2 Å². The molecule has 2 aromatic rings. The van der Waals surface area contributed by atoms with Gasteiger partial charge in [0.25, 0.3) is 0 Å². The zero-order valence-electron chi connectivity index (χ0n) is 9.82. The Morgan fingerprint density at radius 2 is 1.63 bits per heavy atom. The van der Waals surface area contributed by atoms with Crippen LogP contribution in [0.15, 0.2) is 51.8 Å². The van der Waals surface area contributed by atoms with Crippen molar-refractivity contribution in [3.63, 3.8) is 0 Å². The smallest absolute Gasteiger partial charge is 0.126 e. The molecule has 0 aliphatic rings. The molecule has 1 atom stereocenters. The molecule has 5 heteroatoms. The standard InChI is InChI=1S/C14H11BrF2OS/c15-10-1-3-13(4-2-10)19-8-14(18)9-5-11(16)7-12(17)6-9/h1-7,14,18H,8H2. The molecule has 0 heterocycles. The van der Waals surface area contributed by atoms with Crippen LogP contribution in [0.1, 0.15) is 11.7 Å². The van der Waals surface area contributed by atoms with E-state index in [1.54, 1.807) is 0 Å². The van der Waals surface area contributed by atoms with Gasteiger partial charge in [-0.05, 0) is 42.0 Å². The lowest BCUT2D eigenvalue weighted by atomic mass is 10.1. The summed E-state index contributed by atoms with van der Waals surface area (Å²) in [5.74, 6) is -1.02. The Kier molecular flexibility index (Phi) is 4.96. The van der Waals surface area contributed by atoms with Crippen LogP contribution in [0.5, 0.6) is 0 Å². The average molecular weight is 345 g/mol. The lowest BCUT2D eigenvalue weighted by Gasteiger charge is -2.11. The molecule has 2 rings (SSSR count). The Balaban J connectivity index is 2.00. The Labute approximate surface area is 122 Å². The maximum Gasteiger partial charge on any atom is 0.126 e. The number of thioether (sulfide) groups is 1. The molecule has 19 heavy (non-hydrogen) atoms. The fraction of sp³-hybridized carbons (Fsp3) is 0.143. The molecular weight excluding hydrogens is 334 g/mol. The van der Waals surface area contributed by atoms with Crippen LogP contribution < -0.4 is 0 Å². The second-order valence-corrected chi connectivity index (χ2v) is 5.99. The summed E-state index contributed by atoms with van der Waals surface area (Å²) in [6, 6.07) is 10.7. The van der Waals surface area contributed by atoms with Crippen molar-refractivity contribution in [3.8, 4) is 0 Å². The maximum absolute atomic E-state index is 13.0. The van der Waals surface area contributed by atoms with Crippen molar-refractivity contribution in [2.75, 3.05) is 5.75 Å². The lowest BCUT2D eigenvalue weighted by Crippen LogP contribution is -2.02. The summed E-state index contributed by atoms with van der Waals surface area (Å²) in [6.07, 6.45) is -0.904. The normalized spacial score (nSPS) is 12.4. The fourth-order valence-corrected chi connectivity index (χ4v) is 2.71. The predicted molar refractivity (Wildman–Crippen MR) is 76.2 cm³/mol. The van der Waals surface area contributed by atoms with Gasteiger partial charge in [-0.2, -0.15) is 0 Å². The van der Waals surface area contributed by atoms with Crippen LogP contribution >= 0.6 is 27.7 Å². The van der Waals surface area contributed by atoms with Crippen LogP contribution in [0, 0.1) is 11.6 Å².